The minimum atomic E-state index is 0.690. The molecule has 1 heterocycles. The zero-order chi connectivity index (χ0) is 7.02. The highest BCUT2D eigenvalue weighted by Gasteiger charge is 2.27. The van der Waals surface area contributed by atoms with E-state index in [-0.39, 0.29) is 0 Å². The van der Waals surface area contributed by atoms with Crippen LogP contribution >= 0.6 is 0 Å². The molecule has 0 fully saturated rings. The minimum Gasteiger partial charge on any atom is -0.264 e. The zero-order valence-corrected chi connectivity index (χ0v) is 6.68. The van der Waals surface area contributed by atoms with E-state index in [0.29, 0.717) is 6.04 Å². The van der Waals surface area contributed by atoms with Crippen LogP contribution in [-0.2, 0) is 0 Å². The molecule has 52 valence electrons. The summed E-state index contributed by atoms with van der Waals surface area (Å²) in [5, 5.41) is 0. The monoisotopic (exact) mass is 127 g/mol. The van der Waals surface area contributed by atoms with Gasteiger partial charge in [0.15, 0.2) is 0 Å². The zero-order valence-electron chi connectivity index (χ0n) is 6.68. The summed E-state index contributed by atoms with van der Waals surface area (Å²) in [4.78, 5) is 2.31. The van der Waals surface area contributed by atoms with Crippen molar-refractivity contribution in [1.82, 2.24) is 4.90 Å². The lowest BCUT2D eigenvalue weighted by atomic mass is 10.3. The Balaban J connectivity index is 2.74. The van der Waals surface area contributed by atoms with Crippen LogP contribution in [0.15, 0.2) is 0 Å². The van der Waals surface area contributed by atoms with Crippen LogP contribution in [0.5, 0.6) is 0 Å². The topological polar surface area (TPSA) is 6.25 Å². The molecule has 0 aromatic carbocycles. The third-order valence-corrected chi connectivity index (χ3v) is 2.26. The Morgan fingerprint density at radius 3 is 2.33 bits per heavy atom. The van der Waals surface area contributed by atoms with Gasteiger partial charge in [0, 0.05) is 6.92 Å². The molecule has 0 saturated heterocycles. The Hall–Kier alpha value is -0.530. The second-order valence-corrected chi connectivity index (χ2v) is 2.89. The lowest BCUT2D eigenvalue weighted by Crippen LogP contribution is -2.28. The molecular weight excluding hydrogens is 112 g/mol. The van der Waals surface area contributed by atoms with Crippen molar-refractivity contribution in [3.05, 3.63) is 0 Å². The lowest BCUT2D eigenvalue weighted by molar-refractivity contribution is -0.490. The average Bonchev–Trinajstić information content (AvgIpc) is 1.98. The smallest absolute Gasteiger partial charge is 0.243 e. The number of hydrogen-bond acceptors (Lipinski definition) is 1. The fourth-order valence-electron chi connectivity index (χ4n) is 1.24. The third kappa shape index (κ3) is 0.934. The summed E-state index contributed by atoms with van der Waals surface area (Å²) >= 11 is 0. The lowest BCUT2D eigenvalue weighted by Gasteiger charge is -2.07. The summed E-state index contributed by atoms with van der Waals surface area (Å²) in [5.41, 5.74) is 0. The molecule has 9 heavy (non-hydrogen) atoms. The summed E-state index contributed by atoms with van der Waals surface area (Å²) in [6.07, 6.45) is 0. The Morgan fingerprint density at radius 1 is 1.67 bits per heavy atom. The first-order chi connectivity index (χ1) is 4.13. The van der Waals surface area contributed by atoms with Crippen LogP contribution in [0.25, 0.3) is 0 Å². The van der Waals surface area contributed by atoms with Gasteiger partial charge in [0.1, 0.15) is 12.6 Å². The van der Waals surface area contributed by atoms with Crippen molar-refractivity contribution >= 4 is 5.84 Å². The van der Waals surface area contributed by atoms with Gasteiger partial charge >= 0.3 is 0 Å². The van der Waals surface area contributed by atoms with Crippen molar-refractivity contribution in [1.29, 1.82) is 0 Å². The summed E-state index contributed by atoms with van der Waals surface area (Å²) < 4.78 is 2.28. The van der Waals surface area contributed by atoms with E-state index < -0.39 is 0 Å². The molecule has 2 heteroatoms. The van der Waals surface area contributed by atoms with Gasteiger partial charge in [-0.05, 0) is 6.92 Å². The van der Waals surface area contributed by atoms with E-state index in [4.69, 9.17) is 0 Å². The summed E-state index contributed by atoms with van der Waals surface area (Å²) in [7, 11) is 4.28. The molecule has 0 bridgehead atoms. The minimum absolute atomic E-state index is 0.690. The molecule has 0 saturated carbocycles. The van der Waals surface area contributed by atoms with Gasteiger partial charge < -0.3 is 0 Å². The highest BCUT2D eigenvalue weighted by Crippen LogP contribution is 2.04. The molecule has 0 aromatic heterocycles. The van der Waals surface area contributed by atoms with Gasteiger partial charge in [-0.1, -0.05) is 0 Å². The summed E-state index contributed by atoms with van der Waals surface area (Å²) in [6.45, 7) is 5.57. The van der Waals surface area contributed by atoms with Crippen molar-refractivity contribution in [2.75, 3.05) is 20.6 Å². The SMILES string of the molecule is CC1=[N+](C)CC(C)N1C. The van der Waals surface area contributed by atoms with Crippen LogP contribution in [0, 0.1) is 0 Å². The van der Waals surface area contributed by atoms with Crippen LogP contribution in [0.4, 0.5) is 0 Å². The van der Waals surface area contributed by atoms with Gasteiger partial charge in [-0.15, -0.1) is 0 Å². The number of hydrogen-bond donors (Lipinski definition) is 0. The molecule has 0 N–H and O–H groups in total. The standard InChI is InChI=1S/C7H15N2/c1-6-5-8(3)7(2)9(6)4/h6H,5H2,1-4H3/q+1. The molecule has 0 spiro atoms. The molecule has 0 amide bonds. The summed E-state index contributed by atoms with van der Waals surface area (Å²) in [5.74, 6) is 1.38. The van der Waals surface area contributed by atoms with Gasteiger partial charge in [-0.3, -0.25) is 9.48 Å². The fraction of sp³-hybridized carbons (Fsp3) is 0.857. The number of rotatable bonds is 0. The van der Waals surface area contributed by atoms with E-state index in [2.05, 4.69) is 37.4 Å². The van der Waals surface area contributed by atoms with E-state index in [1.807, 2.05) is 0 Å². The van der Waals surface area contributed by atoms with Crippen molar-refractivity contribution in [3.8, 4) is 0 Å². The quantitative estimate of drug-likeness (QED) is 0.426. The van der Waals surface area contributed by atoms with E-state index in [9.17, 15) is 0 Å². The van der Waals surface area contributed by atoms with E-state index in [0.717, 1.165) is 0 Å². The first kappa shape index (κ1) is 6.59. The van der Waals surface area contributed by atoms with Crippen LogP contribution in [0.1, 0.15) is 13.8 Å². The fourth-order valence-corrected chi connectivity index (χ4v) is 1.24. The average molecular weight is 127 g/mol. The first-order valence-corrected chi connectivity index (χ1v) is 3.40. The first-order valence-electron chi connectivity index (χ1n) is 3.40. The maximum atomic E-state index is 2.31. The van der Waals surface area contributed by atoms with Crippen molar-refractivity contribution in [2.45, 2.75) is 19.9 Å². The predicted molar refractivity (Wildman–Crippen MR) is 39.0 cm³/mol. The van der Waals surface area contributed by atoms with Gasteiger partial charge in [0.25, 0.3) is 0 Å². The van der Waals surface area contributed by atoms with Crippen LogP contribution in [0.2, 0.25) is 0 Å². The highest BCUT2D eigenvalue weighted by molar-refractivity contribution is 5.75. The number of amidine groups is 1. The molecule has 2 nitrogen and oxygen atoms in total. The van der Waals surface area contributed by atoms with Crippen LogP contribution in [-0.4, -0.2) is 42.0 Å². The third-order valence-electron chi connectivity index (χ3n) is 2.26. The second kappa shape index (κ2) is 2.01. The van der Waals surface area contributed by atoms with E-state index in [1.54, 1.807) is 0 Å². The van der Waals surface area contributed by atoms with Crippen molar-refractivity contribution in [3.63, 3.8) is 0 Å². The van der Waals surface area contributed by atoms with Gasteiger partial charge in [0.2, 0.25) is 5.84 Å². The highest BCUT2D eigenvalue weighted by atomic mass is 15.3. The molecule has 1 rings (SSSR count). The Morgan fingerprint density at radius 2 is 2.22 bits per heavy atom. The summed E-state index contributed by atoms with van der Waals surface area (Å²) in [6, 6.07) is 0.690. The van der Waals surface area contributed by atoms with Gasteiger partial charge in [0.05, 0.1) is 14.1 Å². The number of nitrogens with zero attached hydrogens (tertiary/aromatic N) is 2. The largest absolute Gasteiger partial charge is 0.264 e. The molecular formula is C7H15N2+. The molecule has 0 aliphatic carbocycles. The number of likely N-dealkylation sites (N-methyl/N-ethyl adjacent to an activating group) is 2. The van der Waals surface area contributed by atoms with Gasteiger partial charge in [-0.2, -0.15) is 0 Å². The van der Waals surface area contributed by atoms with Gasteiger partial charge in [-0.25, -0.2) is 0 Å². The molecule has 0 radical (unpaired) electrons. The predicted octanol–water partition coefficient (Wildman–Crippen LogP) is 0.381. The van der Waals surface area contributed by atoms with Crippen molar-refractivity contribution < 1.29 is 4.58 Å². The van der Waals surface area contributed by atoms with Crippen molar-refractivity contribution in [2.24, 2.45) is 0 Å². The maximum absolute atomic E-state index is 2.31. The van der Waals surface area contributed by atoms with Crippen LogP contribution in [0.3, 0.4) is 0 Å². The molecule has 1 aliphatic rings. The van der Waals surface area contributed by atoms with E-state index >= 15 is 0 Å². The Labute approximate surface area is 56.8 Å². The van der Waals surface area contributed by atoms with E-state index in [1.165, 1.54) is 12.4 Å². The molecule has 1 unspecified atom stereocenters. The molecule has 1 atom stereocenters. The Kier molecular flexibility index (Phi) is 1.47. The molecule has 1 aliphatic heterocycles. The maximum Gasteiger partial charge on any atom is 0.243 e. The molecule has 0 aromatic rings. The normalized spacial score (nSPS) is 28.0. The van der Waals surface area contributed by atoms with Crippen LogP contribution < -0.4 is 0 Å². The second-order valence-electron chi connectivity index (χ2n) is 2.89. The Bertz CT molecular complexity index is 149.